The first-order chi connectivity index (χ1) is 13.0. The molecule has 0 bridgehead atoms. The van der Waals surface area contributed by atoms with Crippen LogP contribution in [0.5, 0.6) is 0 Å². The summed E-state index contributed by atoms with van der Waals surface area (Å²) in [7, 11) is 9.87. The van der Waals surface area contributed by atoms with Crippen molar-refractivity contribution in [3.05, 3.63) is 26.0 Å². The molecule has 2 fully saturated rings. The third kappa shape index (κ3) is 5.36. The summed E-state index contributed by atoms with van der Waals surface area (Å²) in [4.78, 5) is 0. The summed E-state index contributed by atoms with van der Waals surface area (Å²) in [6.45, 7) is 25.8. The van der Waals surface area contributed by atoms with Crippen molar-refractivity contribution in [2.45, 2.75) is 89.2 Å². The number of hydrogen-bond acceptors (Lipinski definition) is 0. The van der Waals surface area contributed by atoms with Crippen LogP contribution in [0.1, 0.15) is 69.2 Å². The van der Waals surface area contributed by atoms with Gasteiger partial charge in [-0.25, -0.2) is 0 Å². The molecule has 0 amide bonds. The average molecular weight is 597 g/mol. The van der Waals surface area contributed by atoms with E-state index in [2.05, 4.69) is 69.2 Å². The molecule has 6 unspecified atom stereocenters. The van der Waals surface area contributed by atoms with E-state index >= 15 is 0 Å². The first-order valence-electron chi connectivity index (χ1n) is 11.6. The Balaban J connectivity index is 0.00000159. The molecule has 0 nitrogen and oxygen atoms in total. The molecule has 3 aliphatic rings. The quantitative estimate of drug-likeness (QED) is 0.169. The SMILES string of the molecule is CC1=C(C)[CH2][Ge]([CH]2C(C)[C@@H](C)[C@@H](C)C2C)([CH]2C(C)[C@@H](C)[C@@H](C)C2C)[CH2]1.[CH3-].[CH3-].[Cl][Zr+2][Cl]. The molecular formula is C26H50Cl2GeZr. The van der Waals surface area contributed by atoms with E-state index in [0.29, 0.717) is 0 Å². The Bertz CT molecular complexity index is 501. The van der Waals surface area contributed by atoms with E-state index < -0.39 is 34.1 Å². The second-order valence-corrected chi connectivity index (χ2v) is 24.3. The third-order valence-corrected chi connectivity index (χ3v) is 25.5. The van der Waals surface area contributed by atoms with E-state index in [0.717, 1.165) is 56.8 Å². The van der Waals surface area contributed by atoms with Crippen LogP contribution in [0.25, 0.3) is 0 Å². The average Bonchev–Trinajstić information content (AvgIpc) is 3.10. The predicted molar refractivity (Wildman–Crippen MR) is 139 cm³/mol. The van der Waals surface area contributed by atoms with Gasteiger partial charge in [0.15, 0.2) is 0 Å². The maximum atomic E-state index is 4.93. The minimum atomic E-state index is -2.06. The minimum absolute atomic E-state index is 0. The summed E-state index contributed by atoms with van der Waals surface area (Å²) in [6, 6.07) is 0. The standard InChI is InChI=1S/C24H44Ge.2CH3.2ClH.Zr/c1-13-11-25(12-14(13)2,23-19(7)15(3)16(4)20(23)8)24-21(9)17(5)18(6)22(24)10;;;;;/h15-24H,11-12H2,1-10H3;2*1H3;2*1H;/q;2*-1;;;+4/p-2/t15-,16+,17-,18+,19?,20?,21?,22?,23?,24?;;;;;. The zero-order valence-corrected chi connectivity index (χ0v) is 28.0. The van der Waals surface area contributed by atoms with Crippen molar-refractivity contribution >= 4 is 30.3 Å². The normalized spacial score (nSPS) is 44.5. The molecule has 0 aromatic rings. The summed E-state index contributed by atoms with van der Waals surface area (Å²) in [5.41, 5.74) is 3.61. The van der Waals surface area contributed by atoms with E-state index in [1.165, 1.54) is 0 Å². The molecule has 0 saturated heterocycles. The van der Waals surface area contributed by atoms with E-state index in [4.69, 9.17) is 17.0 Å². The van der Waals surface area contributed by atoms with E-state index in [1.54, 1.807) is 21.7 Å². The predicted octanol–water partition coefficient (Wildman–Crippen LogP) is 9.92. The van der Waals surface area contributed by atoms with Crippen LogP contribution in [0, 0.1) is 62.2 Å². The van der Waals surface area contributed by atoms with Crippen molar-refractivity contribution in [1.82, 2.24) is 0 Å². The second-order valence-electron chi connectivity index (χ2n) is 11.1. The van der Waals surface area contributed by atoms with Crippen LogP contribution >= 0.6 is 17.0 Å². The summed E-state index contributed by atoms with van der Waals surface area (Å²) >= 11 is -2.88. The molecule has 3 rings (SSSR count). The Labute approximate surface area is 212 Å². The Morgan fingerprint density at radius 1 is 0.567 bits per heavy atom. The molecule has 0 aromatic heterocycles. The Morgan fingerprint density at radius 3 is 0.967 bits per heavy atom. The zero-order valence-electron chi connectivity index (χ0n) is 21.9. The van der Waals surface area contributed by atoms with E-state index in [9.17, 15) is 0 Å². The summed E-state index contributed by atoms with van der Waals surface area (Å²) in [6.07, 6.45) is 0. The fourth-order valence-electron chi connectivity index (χ4n) is 8.32. The molecule has 1 heterocycles. The van der Waals surface area contributed by atoms with Crippen LogP contribution in [0.2, 0.25) is 20.0 Å². The van der Waals surface area contributed by atoms with Gasteiger partial charge in [0.2, 0.25) is 0 Å². The number of allylic oxidation sites excluding steroid dienone is 2. The first-order valence-corrected chi connectivity index (χ1v) is 23.3. The van der Waals surface area contributed by atoms with Gasteiger partial charge in [-0.05, 0) is 0 Å². The van der Waals surface area contributed by atoms with Crippen LogP contribution < -0.4 is 0 Å². The van der Waals surface area contributed by atoms with Gasteiger partial charge in [-0.1, -0.05) is 0 Å². The van der Waals surface area contributed by atoms with Crippen molar-refractivity contribution in [3.63, 3.8) is 0 Å². The van der Waals surface area contributed by atoms with Gasteiger partial charge in [-0.3, -0.25) is 0 Å². The van der Waals surface area contributed by atoms with Crippen molar-refractivity contribution < 1.29 is 20.8 Å². The molecule has 30 heavy (non-hydrogen) atoms. The van der Waals surface area contributed by atoms with Crippen molar-refractivity contribution in [2.75, 3.05) is 0 Å². The Hall–Kier alpha value is 1.75. The maximum absolute atomic E-state index is 4.93. The van der Waals surface area contributed by atoms with Crippen LogP contribution in [-0.2, 0) is 20.8 Å². The number of halogens is 2. The third-order valence-electron chi connectivity index (χ3n) is 10.5. The summed E-state index contributed by atoms with van der Waals surface area (Å²) in [5.74, 6) is 7.50. The van der Waals surface area contributed by atoms with Gasteiger partial charge < -0.3 is 14.9 Å². The molecule has 2 saturated carbocycles. The fraction of sp³-hybridized carbons (Fsp3) is 0.846. The fourth-order valence-corrected chi connectivity index (χ4v) is 28.2. The molecule has 176 valence electrons. The zero-order chi connectivity index (χ0) is 21.5. The molecule has 2 aliphatic carbocycles. The summed E-state index contributed by atoms with van der Waals surface area (Å²) in [5, 5.41) is 3.15. The van der Waals surface area contributed by atoms with Crippen molar-refractivity contribution in [1.29, 1.82) is 0 Å². The molecule has 0 radical (unpaired) electrons. The molecule has 0 spiro atoms. The van der Waals surface area contributed by atoms with Crippen molar-refractivity contribution in [3.8, 4) is 0 Å². The number of hydrogen-bond donors (Lipinski definition) is 0. The second kappa shape index (κ2) is 12.4. The molecule has 1 aliphatic heterocycles. The van der Waals surface area contributed by atoms with E-state index in [-0.39, 0.29) is 14.9 Å². The van der Waals surface area contributed by atoms with Gasteiger partial charge in [-0.15, -0.1) is 0 Å². The Morgan fingerprint density at radius 2 is 0.767 bits per heavy atom. The topological polar surface area (TPSA) is 0 Å². The van der Waals surface area contributed by atoms with Crippen LogP contribution in [-0.4, -0.2) is 13.3 Å². The van der Waals surface area contributed by atoms with Gasteiger partial charge in [0.05, 0.1) is 0 Å². The van der Waals surface area contributed by atoms with Crippen LogP contribution in [0.3, 0.4) is 0 Å². The first kappa shape index (κ1) is 31.7. The van der Waals surface area contributed by atoms with Gasteiger partial charge in [0, 0.05) is 0 Å². The van der Waals surface area contributed by atoms with Gasteiger partial charge in [0.1, 0.15) is 0 Å². The molecular weight excluding hydrogens is 547 g/mol. The monoisotopic (exact) mass is 596 g/mol. The summed E-state index contributed by atoms with van der Waals surface area (Å²) < 4.78 is 2.18. The van der Waals surface area contributed by atoms with Crippen molar-refractivity contribution in [2.24, 2.45) is 47.3 Å². The Kier molecular flexibility index (Phi) is 13.2. The van der Waals surface area contributed by atoms with E-state index in [1.807, 2.05) is 0 Å². The van der Waals surface area contributed by atoms with Gasteiger partial charge in [0.25, 0.3) is 0 Å². The molecule has 0 N–H and O–H groups in total. The molecule has 0 aromatic carbocycles. The molecule has 10 atom stereocenters. The number of rotatable bonds is 2. The van der Waals surface area contributed by atoms with Gasteiger partial charge >= 0.3 is 199 Å². The van der Waals surface area contributed by atoms with Crippen LogP contribution in [0.4, 0.5) is 0 Å². The molecule has 4 heteroatoms. The van der Waals surface area contributed by atoms with Gasteiger partial charge in [-0.2, -0.15) is 0 Å². The van der Waals surface area contributed by atoms with Crippen LogP contribution in [0.15, 0.2) is 11.1 Å².